The molecule has 0 radical (unpaired) electrons. The van der Waals surface area contributed by atoms with Crippen molar-refractivity contribution in [3.63, 3.8) is 0 Å². The molecule has 0 saturated heterocycles. The van der Waals surface area contributed by atoms with Crippen molar-refractivity contribution in [1.29, 1.82) is 0 Å². The molecule has 0 bridgehead atoms. The van der Waals surface area contributed by atoms with Crippen LogP contribution in [0.5, 0.6) is 0 Å². The van der Waals surface area contributed by atoms with Gasteiger partial charge in [0.1, 0.15) is 5.82 Å². The normalized spacial score (nSPS) is 13.2. The Hall–Kier alpha value is -0.970. The van der Waals surface area contributed by atoms with Gasteiger partial charge in [-0.25, -0.2) is 4.39 Å². The number of nitrogens with one attached hydrogen (secondary N) is 1. The highest BCUT2D eigenvalue weighted by molar-refractivity contribution is 5.21. The van der Waals surface area contributed by atoms with Crippen LogP contribution in [-0.2, 0) is 0 Å². The highest BCUT2D eigenvalue weighted by Gasteiger charge is 2.17. The van der Waals surface area contributed by atoms with Crippen LogP contribution in [-0.4, -0.2) is 57.1 Å². The molecule has 1 atom stereocenters. The van der Waals surface area contributed by atoms with E-state index in [1.807, 2.05) is 19.2 Å². The van der Waals surface area contributed by atoms with Gasteiger partial charge in [-0.2, -0.15) is 0 Å². The quantitative estimate of drug-likeness (QED) is 0.749. The third kappa shape index (κ3) is 5.57. The van der Waals surface area contributed by atoms with Crippen LogP contribution in [0.25, 0.3) is 0 Å². The summed E-state index contributed by atoms with van der Waals surface area (Å²) in [6.45, 7) is 6.08. The molecule has 0 aromatic heterocycles. The van der Waals surface area contributed by atoms with Gasteiger partial charge in [0.2, 0.25) is 0 Å². The number of halogens is 1. The molecule has 1 aromatic rings. The molecule has 1 N–H and O–H groups in total. The molecular formula is C16H28FN3. The lowest BCUT2D eigenvalue weighted by Gasteiger charge is -2.28. The summed E-state index contributed by atoms with van der Waals surface area (Å²) in [4.78, 5) is 4.58. The van der Waals surface area contributed by atoms with Crippen molar-refractivity contribution in [2.75, 3.05) is 47.3 Å². The van der Waals surface area contributed by atoms with Gasteiger partial charge in [0, 0.05) is 31.2 Å². The Morgan fingerprint density at radius 3 is 2.40 bits per heavy atom. The highest BCUT2D eigenvalue weighted by Crippen LogP contribution is 2.17. The number of hydrogen-bond acceptors (Lipinski definition) is 3. The van der Waals surface area contributed by atoms with Crippen molar-refractivity contribution in [2.45, 2.75) is 19.4 Å². The van der Waals surface area contributed by atoms with Gasteiger partial charge in [0.05, 0.1) is 0 Å². The molecule has 0 aliphatic rings. The second kappa shape index (κ2) is 9.06. The summed E-state index contributed by atoms with van der Waals surface area (Å²) in [7, 11) is 6.06. The van der Waals surface area contributed by atoms with Crippen molar-refractivity contribution in [2.24, 2.45) is 0 Å². The van der Waals surface area contributed by atoms with E-state index in [9.17, 15) is 4.39 Å². The van der Waals surface area contributed by atoms with Gasteiger partial charge < -0.3 is 15.1 Å². The van der Waals surface area contributed by atoms with Crippen LogP contribution >= 0.6 is 0 Å². The van der Waals surface area contributed by atoms with E-state index in [0.29, 0.717) is 0 Å². The zero-order chi connectivity index (χ0) is 15.0. The summed E-state index contributed by atoms with van der Waals surface area (Å²) < 4.78 is 13.9. The number of rotatable bonds is 9. The van der Waals surface area contributed by atoms with Crippen LogP contribution in [0.15, 0.2) is 24.3 Å². The topological polar surface area (TPSA) is 18.5 Å². The summed E-state index contributed by atoms with van der Waals surface area (Å²) in [6.07, 6.45) is 1.11. The third-order valence-electron chi connectivity index (χ3n) is 3.47. The van der Waals surface area contributed by atoms with Crippen molar-refractivity contribution in [1.82, 2.24) is 15.1 Å². The molecule has 0 fully saturated rings. The molecule has 4 heteroatoms. The maximum atomic E-state index is 13.9. The van der Waals surface area contributed by atoms with Gasteiger partial charge in [-0.15, -0.1) is 0 Å². The average Bonchev–Trinajstić information content (AvgIpc) is 2.43. The van der Waals surface area contributed by atoms with E-state index < -0.39 is 0 Å². The van der Waals surface area contributed by atoms with Crippen LogP contribution < -0.4 is 5.32 Å². The monoisotopic (exact) mass is 281 g/mol. The van der Waals surface area contributed by atoms with E-state index in [1.54, 1.807) is 6.07 Å². The maximum absolute atomic E-state index is 13.9. The first-order valence-corrected chi connectivity index (χ1v) is 7.37. The van der Waals surface area contributed by atoms with Gasteiger partial charge in [-0.05, 0) is 40.2 Å². The van der Waals surface area contributed by atoms with Crippen LogP contribution in [0.4, 0.5) is 4.39 Å². The molecule has 0 aliphatic heterocycles. The largest absolute Gasteiger partial charge is 0.312 e. The van der Waals surface area contributed by atoms with E-state index in [0.717, 1.165) is 38.2 Å². The first-order chi connectivity index (χ1) is 9.58. The number of benzene rings is 1. The summed E-state index contributed by atoms with van der Waals surface area (Å²) in [6, 6.07) is 7.06. The van der Waals surface area contributed by atoms with Gasteiger partial charge in [-0.3, -0.25) is 0 Å². The molecule has 1 aromatic carbocycles. The Labute approximate surface area is 122 Å². The molecular weight excluding hydrogens is 253 g/mol. The fraction of sp³-hybridized carbons (Fsp3) is 0.625. The van der Waals surface area contributed by atoms with Crippen molar-refractivity contribution in [3.05, 3.63) is 35.6 Å². The molecule has 0 aliphatic carbocycles. The van der Waals surface area contributed by atoms with E-state index in [2.05, 4.69) is 36.1 Å². The van der Waals surface area contributed by atoms with E-state index in [1.165, 1.54) is 6.07 Å². The lowest BCUT2D eigenvalue weighted by atomic mass is 10.1. The molecule has 1 rings (SSSR count). The van der Waals surface area contributed by atoms with Crippen molar-refractivity contribution >= 4 is 0 Å². The molecule has 0 spiro atoms. The second-order valence-electron chi connectivity index (χ2n) is 5.47. The fourth-order valence-corrected chi connectivity index (χ4v) is 2.31. The Kier molecular flexibility index (Phi) is 7.73. The van der Waals surface area contributed by atoms with Crippen LogP contribution in [0.2, 0.25) is 0 Å². The predicted octanol–water partition coefficient (Wildman–Crippen LogP) is 2.36. The Bertz CT molecular complexity index is 382. The van der Waals surface area contributed by atoms with Gasteiger partial charge in [0.25, 0.3) is 0 Å². The van der Waals surface area contributed by atoms with Crippen molar-refractivity contribution < 1.29 is 4.39 Å². The van der Waals surface area contributed by atoms with Crippen LogP contribution in [0.3, 0.4) is 0 Å². The molecule has 114 valence electrons. The number of hydrogen-bond donors (Lipinski definition) is 1. The van der Waals surface area contributed by atoms with E-state index in [4.69, 9.17) is 0 Å². The zero-order valence-electron chi connectivity index (χ0n) is 13.2. The lowest BCUT2D eigenvalue weighted by Crippen LogP contribution is -2.38. The van der Waals surface area contributed by atoms with Gasteiger partial charge >= 0.3 is 0 Å². The Balaban J connectivity index is 2.70. The smallest absolute Gasteiger partial charge is 0.128 e. The minimum atomic E-state index is -0.129. The minimum Gasteiger partial charge on any atom is -0.312 e. The molecule has 0 amide bonds. The van der Waals surface area contributed by atoms with Gasteiger partial charge in [-0.1, -0.05) is 25.1 Å². The summed E-state index contributed by atoms with van der Waals surface area (Å²) in [5, 5.41) is 3.24. The average molecular weight is 281 g/mol. The first kappa shape index (κ1) is 17.1. The second-order valence-corrected chi connectivity index (χ2v) is 5.47. The summed E-state index contributed by atoms with van der Waals surface area (Å²) >= 11 is 0. The molecule has 20 heavy (non-hydrogen) atoms. The highest BCUT2D eigenvalue weighted by atomic mass is 19.1. The molecule has 0 heterocycles. The molecule has 0 saturated carbocycles. The van der Waals surface area contributed by atoms with Gasteiger partial charge in [0.15, 0.2) is 0 Å². The standard InChI is InChI=1S/C16H28FN3/c1-5-10-20(12-11-19(3)4)13-16(18-2)14-8-6-7-9-15(14)17/h6-9,16,18H,5,10-13H2,1-4H3. The first-order valence-electron chi connectivity index (χ1n) is 7.37. The number of likely N-dealkylation sites (N-methyl/N-ethyl adjacent to an activating group) is 2. The summed E-state index contributed by atoms with van der Waals surface area (Å²) in [5.41, 5.74) is 0.751. The van der Waals surface area contributed by atoms with Crippen molar-refractivity contribution in [3.8, 4) is 0 Å². The maximum Gasteiger partial charge on any atom is 0.128 e. The fourth-order valence-electron chi connectivity index (χ4n) is 2.31. The molecule has 1 unspecified atom stereocenters. The zero-order valence-corrected chi connectivity index (χ0v) is 13.2. The van der Waals surface area contributed by atoms with E-state index in [-0.39, 0.29) is 11.9 Å². The summed E-state index contributed by atoms with van der Waals surface area (Å²) in [5.74, 6) is -0.129. The minimum absolute atomic E-state index is 0.0323. The van der Waals surface area contributed by atoms with Crippen LogP contribution in [0.1, 0.15) is 24.9 Å². The molecule has 3 nitrogen and oxygen atoms in total. The van der Waals surface area contributed by atoms with Crippen LogP contribution in [0, 0.1) is 5.82 Å². The Morgan fingerprint density at radius 2 is 1.85 bits per heavy atom. The van der Waals surface area contributed by atoms with E-state index >= 15 is 0 Å². The SMILES string of the molecule is CCCN(CCN(C)C)CC(NC)c1ccccc1F. The predicted molar refractivity (Wildman–Crippen MR) is 83.5 cm³/mol. The third-order valence-corrected chi connectivity index (χ3v) is 3.47. The number of nitrogens with zero attached hydrogens (tertiary/aromatic N) is 2. The Morgan fingerprint density at radius 1 is 1.15 bits per heavy atom. The lowest BCUT2D eigenvalue weighted by molar-refractivity contribution is 0.220.